The second-order valence-corrected chi connectivity index (χ2v) is 8.62. The summed E-state index contributed by atoms with van der Waals surface area (Å²) in [4.78, 5) is 64.0. The number of ether oxygens (including phenoxy) is 2. The lowest BCUT2D eigenvalue weighted by molar-refractivity contribution is -0.201. The molecule has 0 aliphatic carbocycles. The monoisotopic (exact) mass is 464 g/mol. The molecule has 2 aliphatic heterocycles. The first-order valence-corrected chi connectivity index (χ1v) is 10.9. The van der Waals surface area contributed by atoms with Gasteiger partial charge in [-0.3, -0.25) is 24.0 Å². The number of hydrogen-bond acceptors (Lipinski definition) is 8. The fourth-order valence-corrected chi connectivity index (χ4v) is 5.68. The van der Waals surface area contributed by atoms with Crippen LogP contribution in [0.5, 0.6) is 0 Å². The molecule has 0 saturated carbocycles. The number of ketones is 1. The van der Waals surface area contributed by atoms with E-state index in [-0.39, 0.29) is 18.7 Å². The Labute approximate surface area is 188 Å². The first-order valence-electron chi connectivity index (χ1n) is 9.87. The molecule has 0 bridgehead atoms. The highest BCUT2D eigenvalue weighted by Gasteiger charge is 2.69. The van der Waals surface area contributed by atoms with Crippen molar-refractivity contribution < 1.29 is 38.6 Å². The van der Waals surface area contributed by atoms with Crippen LogP contribution in [0.15, 0.2) is 30.3 Å². The van der Waals surface area contributed by atoms with E-state index in [0.717, 1.165) is 18.9 Å². The summed E-state index contributed by atoms with van der Waals surface area (Å²) in [5.41, 5.74) is -3.13. The Morgan fingerprint density at radius 3 is 2.44 bits per heavy atom. The van der Waals surface area contributed by atoms with E-state index in [2.05, 4.69) is 5.32 Å². The number of Topliss-reactive ketones (excluding diaryl/α,β-unsaturated/α-hetero) is 1. The van der Waals surface area contributed by atoms with Crippen molar-refractivity contribution in [3.8, 4) is 0 Å². The summed E-state index contributed by atoms with van der Waals surface area (Å²) in [5, 5.41) is 11.5. The number of aliphatic carboxylic acids is 1. The Kier molecular flexibility index (Phi) is 6.61. The van der Waals surface area contributed by atoms with Crippen molar-refractivity contribution >= 4 is 41.3 Å². The van der Waals surface area contributed by atoms with Gasteiger partial charge in [0.05, 0.1) is 7.11 Å². The van der Waals surface area contributed by atoms with Crippen molar-refractivity contribution in [1.29, 1.82) is 0 Å². The molecule has 2 amide bonds. The second kappa shape index (κ2) is 8.91. The Morgan fingerprint density at radius 1 is 1.25 bits per heavy atom. The Balaban J connectivity index is 1.86. The van der Waals surface area contributed by atoms with Gasteiger partial charge >= 0.3 is 11.9 Å². The van der Waals surface area contributed by atoms with Gasteiger partial charge in [0, 0.05) is 25.8 Å². The molecule has 2 heterocycles. The molecule has 2 fully saturated rings. The van der Waals surface area contributed by atoms with Crippen LogP contribution in [-0.2, 0) is 33.4 Å². The Hall–Kier alpha value is -2.92. The average molecular weight is 464 g/mol. The predicted molar refractivity (Wildman–Crippen MR) is 112 cm³/mol. The zero-order chi connectivity index (χ0) is 23.7. The minimum atomic E-state index is -1.79. The van der Waals surface area contributed by atoms with E-state index in [0.29, 0.717) is 5.56 Å². The molecule has 10 nitrogen and oxygen atoms in total. The standard InChI is InChI=1S/C21H24N2O8S/c1-4-13(24)20(19(28)29)10-23-17(27)21(31-3,18(23)32-11-20)22-15(25)14(16(26)30-2)12-8-6-5-7-9-12/h5-9,14,18H,4,10-11H2,1-3H3,(H,22,25)(H,28,29)/t14?,18-,20?,21?/m1/s1. The maximum absolute atomic E-state index is 13.1. The molecule has 2 saturated heterocycles. The zero-order valence-corrected chi connectivity index (χ0v) is 18.6. The molecule has 2 N–H and O–H groups in total. The summed E-state index contributed by atoms with van der Waals surface area (Å²) in [6, 6.07) is 8.22. The van der Waals surface area contributed by atoms with Crippen molar-refractivity contribution in [2.75, 3.05) is 26.5 Å². The molecule has 3 unspecified atom stereocenters. The number of esters is 1. The topological polar surface area (TPSA) is 139 Å². The van der Waals surface area contributed by atoms with Crippen molar-refractivity contribution in [1.82, 2.24) is 10.2 Å². The van der Waals surface area contributed by atoms with E-state index in [9.17, 15) is 29.1 Å². The molecule has 1 aromatic rings. The molecule has 0 aromatic heterocycles. The highest BCUT2D eigenvalue weighted by atomic mass is 32.2. The van der Waals surface area contributed by atoms with Crippen LogP contribution in [0.3, 0.4) is 0 Å². The van der Waals surface area contributed by atoms with Gasteiger partial charge in [0.1, 0.15) is 5.37 Å². The molecule has 32 heavy (non-hydrogen) atoms. The number of rotatable bonds is 8. The molecule has 0 radical (unpaired) electrons. The number of carboxylic acid groups (broad SMARTS) is 1. The number of methoxy groups -OCH3 is 2. The molecule has 11 heteroatoms. The third-order valence-electron chi connectivity index (χ3n) is 5.86. The number of amides is 2. The third-order valence-corrected chi connectivity index (χ3v) is 7.43. The molecular weight excluding hydrogens is 440 g/mol. The maximum atomic E-state index is 13.1. The molecule has 1 aromatic carbocycles. The van der Waals surface area contributed by atoms with Crippen molar-refractivity contribution in [3.63, 3.8) is 0 Å². The van der Waals surface area contributed by atoms with Crippen molar-refractivity contribution in [3.05, 3.63) is 35.9 Å². The third kappa shape index (κ3) is 3.55. The van der Waals surface area contributed by atoms with E-state index in [4.69, 9.17) is 9.47 Å². The lowest BCUT2D eigenvalue weighted by Gasteiger charge is -2.58. The SMILES string of the molecule is CCC(=O)C1(C(=O)O)CS[C@H]2N(C1)C(=O)C2(NC(=O)C(C(=O)OC)c1ccccc1)OC. The number of carboxylic acids is 1. The van der Waals surface area contributed by atoms with Gasteiger partial charge in [0.2, 0.25) is 5.91 Å². The normalized spacial score (nSPS) is 27.5. The summed E-state index contributed by atoms with van der Waals surface area (Å²) in [5.74, 6) is -5.46. The summed E-state index contributed by atoms with van der Waals surface area (Å²) in [7, 11) is 2.39. The Bertz CT molecular complexity index is 954. The van der Waals surface area contributed by atoms with Crippen LogP contribution < -0.4 is 5.32 Å². The largest absolute Gasteiger partial charge is 0.480 e. The van der Waals surface area contributed by atoms with Crippen LogP contribution in [-0.4, -0.2) is 77.2 Å². The maximum Gasteiger partial charge on any atom is 0.322 e. The van der Waals surface area contributed by atoms with Crippen LogP contribution in [0, 0.1) is 5.41 Å². The smallest absolute Gasteiger partial charge is 0.322 e. The molecule has 2 aliphatic rings. The van der Waals surface area contributed by atoms with Gasteiger partial charge in [0.15, 0.2) is 17.1 Å². The van der Waals surface area contributed by atoms with Crippen LogP contribution in [0.4, 0.5) is 0 Å². The molecule has 0 spiro atoms. The van der Waals surface area contributed by atoms with Gasteiger partial charge < -0.3 is 24.8 Å². The summed E-state index contributed by atoms with van der Waals surface area (Å²) < 4.78 is 10.2. The van der Waals surface area contributed by atoms with Crippen LogP contribution in [0.25, 0.3) is 0 Å². The van der Waals surface area contributed by atoms with Crippen LogP contribution in [0.1, 0.15) is 24.8 Å². The van der Waals surface area contributed by atoms with E-state index in [1.165, 1.54) is 12.0 Å². The number of nitrogens with one attached hydrogen (secondary N) is 1. The van der Waals surface area contributed by atoms with Crippen LogP contribution in [0.2, 0.25) is 0 Å². The number of β-lactam (4-membered cyclic amide) rings is 1. The van der Waals surface area contributed by atoms with Crippen LogP contribution >= 0.6 is 11.8 Å². The Morgan fingerprint density at radius 2 is 1.91 bits per heavy atom. The first-order chi connectivity index (χ1) is 15.2. The van der Waals surface area contributed by atoms with E-state index < -0.39 is 52.0 Å². The van der Waals surface area contributed by atoms with E-state index >= 15 is 0 Å². The number of carbonyl (C=O) groups excluding carboxylic acids is 4. The summed E-state index contributed by atoms with van der Waals surface area (Å²) in [6.07, 6.45) is 0.0175. The summed E-state index contributed by atoms with van der Waals surface area (Å²) >= 11 is 1.04. The van der Waals surface area contributed by atoms with Gasteiger partial charge in [-0.25, -0.2) is 0 Å². The van der Waals surface area contributed by atoms with Crippen molar-refractivity contribution in [2.45, 2.75) is 30.4 Å². The minimum Gasteiger partial charge on any atom is -0.480 e. The highest BCUT2D eigenvalue weighted by molar-refractivity contribution is 8.00. The first kappa shape index (κ1) is 23.7. The minimum absolute atomic E-state index is 0.0175. The lowest BCUT2D eigenvalue weighted by atomic mass is 9.81. The van der Waals surface area contributed by atoms with Gasteiger partial charge in [0.25, 0.3) is 11.6 Å². The quantitative estimate of drug-likeness (QED) is 0.242. The van der Waals surface area contributed by atoms with Gasteiger partial charge in [-0.05, 0) is 5.56 Å². The second-order valence-electron chi connectivity index (χ2n) is 7.56. The fraction of sp³-hybridized carbons (Fsp3) is 0.476. The molecule has 3 rings (SSSR count). The number of fused-ring (bicyclic) bond motifs is 1. The fourth-order valence-electron chi connectivity index (χ4n) is 4.02. The highest BCUT2D eigenvalue weighted by Crippen LogP contribution is 2.48. The van der Waals surface area contributed by atoms with Gasteiger partial charge in [-0.2, -0.15) is 0 Å². The average Bonchev–Trinajstić information content (AvgIpc) is 2.81. The number of nitrogens with zero attached hydrogens (tertiary/aromatic N) is 1. The molecular formula is C21H24N2O8S. The van der Waals surface area contributed by atoms with Gasteiger partial charge in [-0.15, -0.1) is 11.8 Å². The van der Waals surface area contributed by atoms with E-state index in [1.54, 1.807) is 37.3 Å². The number of thioether (sulfide) groups is 1. The van der Waals surface area contributed by atoms with Crippen molar-refractivity contribution in [2.24, 2.45) is 5.41 Å². The molecule has 4 atom stereocenters. The number of benzene rings is 1. The lowest BCUT2D eigenvalue weighted by Crippen LogP contribution is -2.83. The summed E-state index contributed by atoms with van der Waals surface area (Å²) in [6.45, 7) is 1.25. The number of carbonyl (C=O) groups is 5. The van der Waals surface area contributed by atoms with E-state index in [1.807, 2.05) is 0 Å². The predicted octanol–water partition coefficient (Wildman–Crippen LogP) is 0.367. The number of hydrogen-bond donors (Lipinski definition) is 2. The van der Waals surface area contributed by atoms with Gasteiger partial charge in [-0.1, -0.05) is 37.3 Å². The molecule has 172 valence electrons. The zero-order valence-electron chi connectivity index (χ0n) is 17.8.